The normalized spacial score (nSPS) is 19.5. The predicted molar refractivity (Wildman–Crippen MR) is 148 cm³/mol. The van der Waals surface area contributed by atoms with Crippen LogP contribution in [0.3, 0.4) is 0 Å². The number of hydrogen-bond acceptors (Lipinski definition) is 6. The Kier molecular flexibility index (Phi) is 6.51. The Morgan fingerprint density at radius 1 is 1.00 bits per heavy atom. The second-order valence-electron chi connectivity index (χ2n) is 9.52. The van der Waals surface area contributed by atoms with Crippen LogP contribution in [-0.2, 0) is 0 Å². The molecule has 1 aliphatic heterocycles. The first kappa shape index (κ1) is 24.1. The first-order valence-corrected chi connectivity index (χ1v) is 13.1. The van der Waals surface area contributed by atoms with Crippen molar-refractivity contribution in [1.82, 2.24) is 10.3 Å². The molecular weight excluding hydrogens is 500 g/mol. The zero-order valence-corrected chi connectivity index (χ0v) is 21.3. The Morgan fingerprint density at radius 2 is 1.76 bits per heavy atom. The molecule has 8 nitrogen and oxygen atoms in total. The molecular formula is C29H26N4O4S. The van der Waals surface area contributed by atoms with E-state index < -0.39 is 4.92 Å². The maximum absolute atomic E-state index is 11.0. The van der Waals surface area contributed by atoms with Gasteiger partial charge in [-0.25, -0.2) is 0 Å². The number of ether oxygens (including phenoxy) is 1. The molecule has 9 heteroatoms. The number of rotatable bonds is 7. The second-order valence-corrected chi connectivity index (χ2v) is 9.91. The van der Waals surface area contributed by atoms with Crippen LogP contribution in [0.4, 0.5) is 11.4 Å². The smallest absolute Gasteiger partial charge is 0.269 e. The Hall–Kier alpha value is -4.24. The van der Waals surface area contributed by atoms with Gasteiger partial charge in [0.25, 0.3) is 5.69 Å². The lowest BCUT2D eigenvalue weighted by Crippen LogP contribution is -2.29. The summed E-state index contributed by atoms with van der Waals surface area (Å²) in [5, 5.41) is 15.1. The van der Waals surface area contributed by atoms with E-state index in [2.05, 4.69) is 10.3 Å². The first-order chi connectivity index (χ1) is 18.6. The lowest BCUT2D eigenvalue weighted by atomic mass is 10.0. The van der Waals surface area contributed by atoms with Gasteiger partial charge in [-0.3, -0.25) is 15.1 Å². The molecule has 2 aromatic heterocycles. The van der Waals surface area contributed by atoms with Crippen molar-refractivity contribution in [3.05, 3.63) is 107 Å². The van der Waals surface area contributed by atoms with Crippen molar-refractivity contribution in [2.75, 3.05) is 4.90 Å². The Balaban J connectivity index is 1.33. The van der Waals surface area contributed by atoms with E-state index in [1.807, 2.05) is 59.5 Å². The van der Waals surface area contributed by atoms with Crippen molar-refractivity contribution in [3.8, 4) is 17.1 Å². The van der Waals surface area contributed by atoms with Gasteiger partial charge in [-0.15, -0.1) is 0 Å². The van der Waals surface area contributed by atoms with Crippen LogP contribution in [0.1, 0.15) is 49.2 Å². The van der Waals surface area contributed by atoms with Crippen molar-refractivity contribution < 1.29 is 14.1 Å². The summed E-state index contributed by atoms with van der Waals surface area (Å²) in [7, 11) is 0. The topological polar surface area (TPSA) is 93.7 Å². The average molecular weight is 527 g/mol. The summed E-state index contributed by atoms with van der Waals surface area (Å²) in [5.41, 5.74) is 2.55. The summed E-state index contributed by atoms with van der Waals surface area (Å²) in [6.07, 6.45) is 6.70. The lowest BCUT2D eigenvalue weighted by molar-refractivity contribution is -0.384. The number of anilines is 1. The number of nitrogens with one attached hydrogen (secondary N) is 1. The molecule has 2 fully saturated rings. The van der Waals surface area contributed by atoms with E-state index in [-0.39, 0.29) is 23.9 Å². The van der Waals surface area contributed by atoms with Crippen LogP contribution in [-0.4, -0.2) is 21.1 Å². The summed E-state index contributed by atoms with van der Waals surface area (Å²) in [4.78, 5) is 17.3. The van der Waals surface area contributed by atoms with Crippen molar-refractivity contribution in [2.45, 2.75) is 43.9 Å². The molecule has 1 N–H and O–H groups in total. The Labute approximate surface area is 225 Å². The van der Waals surface area contributed by atoms with Crippen LogP contribution in [0.15, 0.2) is 89.5 Å². The van der Waals surface area contributed by atoms with Gasteiger partial charge in [0, 0.05) is 29.6 Å². The van der Waals surface area contributed by atoms with Gasteiger partial charge in [-0.2, -0.15) is 0 Å². The van der Waals surface area contributed by atoms with Gasteiger partial charge in [-0.05, 0) is 98.6 Å². The van der Waals surface area contributed by atoms with Gasteiger partial charge >= 0.3 is 0 Å². The van der Waals surface area contributed by atoms with E-state index in [4.69, 9.17) is 21.4 Å². The van der Waals surface area contributed by atoms with Crippen LogP contribution in [0.25, 0.3) is 11.3 Å². The zero-order chi connectivity index (χ0) is 26.1. The number of nitrogens with zero attached hydrogens (tertiary/aromatic N) is 3. The number of benzene rings is 2. The van der Waals surface area contributed by atoms with Gasteiger partial charge in [0.15, 0.2) is 5.11 Å². The van der Waals surface area contributed by atoms with Crippen LogP contribution in [0, 0.1) is 10.1 Å². The fourth-order valence-corrected chi connectivity index (χ4v) is 5.57. The molecule has 0 bridgehead atoms. The van der Waals surface area contributed by atoms with E-state index in [0.29, 0.717) is 16.6 Å². The highest BCUT2D eigenvalue weighted by Gasteiger charge is 2.42. The van der Waals surface area contributed by atoms with E-state index in [9.17, 15) is 10.1 Å². The summed E-state index contributed by atoms with van der Waals surface area (Å²) < 4.78 is 12.5. The minimum atomic E-state index is -0.415. The highest BCUT2D eigenvalue weighted by atomic mass is 32.1. The molecule has 1 saturated carbocycles. The molecule has 1 saturated heterocycles. The highest BCUT2D eigenvalue weighted by Crippen LogP contribution is 2.43. The summed E-state index contributed by atoms with van der Waals surface area (Å²) in [6.45, 7) is 0. The van der Waals surface area contributed by atoms with Crippen LogP contribution in [0.2, 0.25) is 0 Å². The monoisotopic (exact) mass is 526 g/mol. The maximum Gasteiger partial charge on any atom is 0.269 e. The molecule has 0 unspecified atom stereocenters. The third-order valence-corrected chi connectivity index (χ3v) is 7.41. The lowest BCUT2D eigenvalue weighted by Gasteiger charge is -2.26. The molecule has 2 atom stereocenters. The highest BCUT2D eigenvalue weighted by molar-refractivity contribution is 7.80. The van der Waals surface area contributed by atoms with Gasteiger partial charge in [0.1, 0.15) is 23.3 Å². The molecule has 0 radical (unpaired) electrons. The zero-order valence-electron chi connectivity index (χ0n) is 20.5. The number of nitro benzene ring substituents is 1. The maximum atomic E-state index is 11.0. The van der Waals surface area contributed by atoms with Crippen LogP contribution >= 0.6 is 12.2 Å². The molecule has 2 aromatic carbocycles. The molecule has 0 amide bonds. The average Bonchev–Trinajstić information content (AvgIpc) is 3.70. The van der Waals surface area contributed by atoms with Crippen molar-refractivity contribution in [3.63, 3.8) is 0 Å². The van der Waals surface area contributed by atoms with Gasteiger partial charge in [0.2, 0.25) is 0 Å². The van der Waals surface area contributed by atoms with Gasteiger partial charge < -0.3 is 19.4 Å². The Bertz CT molecular complexity index is 1430. The van der Waals surface area contributed by atoms with Gasteiger partial charge in [0.05, 0.1) is 22.8 Å². The molecule has 0 spiro atoms. The quantitative estimate of drug-likeness (QED) is 0.161. The first-order valence-electron chi connectivity index (χ1n) is 12.7. The molecule has 38 heavy (non-hydrogen) atoms. The van der Waals surface area contributed by atoms with Crippen LogP contribution < -0.4 is 15.0 Å². The molecule has 1 aliphatic carbocycles. The summed E-state index contributed by atoms with van der Waals surface area (Å²) >= 11 is 5.81. The number of hydrogen-bond donors (Lipinski definition) is 1. The molecule has 6 rings (SSSR count). The van der Waals surface area contributed by atoms with E-state index >= 15 is 0 Å². The molecule has 3 heterocycles. The molecule has 2 aliphatic rings. The number of aromatic nitrogens is 1. The fraction of sp³-hybridized carbons (Fsp3) is 0.241. The molecule has 192 valence electrons. The van der Waals surface area contributed by atoms with Crippen molar-refractivity contribution in [2.24, 2.45) is 0 Å². The van der Waals surface area contributed by atoms with E-state index in [0.717, 1.165) is 35.5 Å². The minimum Gasteiger partial charge on any atom is -0.490 e. The molecule has 4 aromatic rings. The Morgan fingerprint density at radius 3 is 2.45 bits per heavy atom. The van der Waals surface area contributed by atoms with Crippen molar-refractivity contribution in [1.29, 1.82) is 0 Å². The van der Waals surface area contributed by atoms with E-state index in [1.165, 1.54) is 25.0 Å². The van der Waals surface area contributed by atoms with Crippen LogP contribution in [0.5, 0.6) is 5.75 Å². The summed E-state index contributed by atoms with van der Waals surface area (Å²) in [6, 6.07) is 23.4. The van der Waals surface area contributed by atoms with E-state index in [1.54, 1.807) is 18.3 Å². The SMILES string of the molecule is O=[N+]([O-])c1ccc(-c2ccc([C@H]3[C@H](c4ccccn4)NC(=S)N3c3ccc(OC4CCCC4)cc3)o2)cc1. The van der Waals surface area contributed by atoms with Gasteiger partial charge in [-0.1, -0.05) is 6.07 Å². The standard InChI is InChI=1S/C29H26N4O4S/c34-33(35)21-10-8-19(9-11-21)25-16-17-26(37-25)28-27(24-7-3-4-18-30-24)31-29(38)32(28)20-12-14-23(15-13-20)36-22-5-1-2-6-22/h3-4,7-18,22,27-28H,1-2,5-6H2,(H,31,38)/t27-,28-/m0/s1. The largest absolute Gasteiger partial charge is 0.490 e. The van der Waals surface area contributed by atoms with Crippen molar-refractivity contribution >= 4 is 28.7 Å². The minimum absolute atomic E-state index is 0.0348. The number of pyridine rings is 1. The summed E-state index contributed by atoms with van der Waals surface area (Å²) in [5.74, 6) is 2.18. The second kappa shape index (κ2) is 10.3. The fourth-order valence-electron chi connectivity index (χ4n) is 5.22. The number of non-ortho nitro benzene ring substituents is 1. The predicted octanol–water partition coefficient (Wildman–Crippen LogP) is 6.75. The third-order valence-electron chi connectivity index (χ3n) is 7.10. The number of thiocarbonyl (C=S) groups is 1. The number of furan rings is 1. The number of nitro groups is 1. The third kappa shape index (κ3) is 4.72.